The highest BCUT2D eigenvalue weighted by Gasteiger charge is 2.10. The number of benzene rings is 2. The first-order chi connectivity index (χ1) is 12.1. The lowest BCUT2D eigenvalue weighted by Crippen LogP contribution is -2.38. The molecule has 1 heterocycles. The largest absolute Gasteiger partial charge is 0.349 e. The number of aromatic nitrogens is 2. The molecule has 138 valence electrons. The molecule has 3 rings (SSSR count). The number of nitrogens with zero attached hydrogens (tertiary/aromatic N) is 4. The Bertz CT molecular complexity index is 883. The molecule has 2 aromatic carbocycles. The first-order valence-corrected chi connectivity index (χ1v) is 8.46. The van der Waals surface area contributed by atoms with Gasteiger partial charge in [0.05, 0.1) is 17.6 Å². The van der Waals surface area contributed by atoms with Crippen molar-refractivity contribution in [1.82, 2.24) is 19.8 Å². The van der Waals surface area contributed by atoms with Gasteiger partial charge in [-0.25, -0.2) is 4.98 Å². The lowest BCUT2D eigenvalue weighted by molar-refractivity contribution is 0.474. The number of nitrogens with one attached hydrogen (secondary N) is 1. The van der Waals surface area contributed by atoms with Gasteiger partial charge in [-0.1, -0.05) is 42.0 Å². The summed E-state index contributed by atoms with van der Waals surface area (Å²) in [7, 11) is 5.90. The second kappa shape index (κ2) is 9.02. The van der Waals surface area contributed by atoms with Gasteiger partial charge >= 0.3 is 0 Å². The van der Waals surface area contributed by atoms with E-state index in [1.807, 2.05) is 39.3 Å². The maximum absolute atomic E-state index is 4.70. The Morgan fingerprint density at radius 1 is 1.15 bits per heavy atom. The third-order valence-corrected chi connectivity index (χ3v) is 4.40. The molecule has 0 fully saturated rings. The van der Waals surface area contributed by atoms with Crippen LogP contribution in [0.1, 0.15) is 17.0 Å². The Morgan fingerprint density at radius 2 is 1.85 bits per heavy atom. The Balaban J connectivity index is 0.00000243. The molecule has 0 atom stereocenters. The van der Waals surface area contributed by atoms with Crippen molar-refractivity contribution in [2.24, 2.45) is 12.0 Å². The lowest BCUT2D eigenvalue weighted by atomic mass is 10.1. The molecule has 3 aromatic rings. The summed E-state index contributed by atoms with van der Waals surface area (Å²) < 4.78 is 2.12. The third-order valence-electron chi connectivity index (χ3n) is 4.40. The van der Waals surface area contributed by atoms with Crippen molar-refractivity contribution in [2.75, 3.05) is 14.1 Å². The maximum atomic E-state index is 4.70. The third kappa shape index (κ3) is 4.55. The highest BCUT2D eigenvalue weighted by molar-refractivity contribution is 14.0. The summed E-state index contributed by atoms with van der Waals surface area (Å²) in [4.78, 5) is 11.2. The molecule has 5 nitrogen and oxygen atoms in total. The molecular formula is C20H26IN5. The average Bonchev–Trinajstić information content (AvgIpc) is 2.94. The average molecular weight is 463 g/mol. The fourth-order valence-electron chi connectivity index (χ4n) is 2.94. The van der Waals surface area contributed by atoms with E-state index in [2.05, 4.69) is 57.0 Å². The monoisotopic (exact) mass is 463 g/mol. The number of fused-ring (bicyclic) bond motifs is 1. The number of rotatable bonds is 4. The van der Waals surface area contributed by atoms with E-state index in [9.17, 15) is 0 Å². The summed E-state index contributed by atoms with van der Waals surface area (Å²) in [6, 6.07) is 16.8. The molecular weight excluding hydrogens is 437 g/mol. The molecule has 0 saturated carbocycles. The Morgan fingerprint density at radius 3 is 2.50 bits per heavy atom. The number of hydrogen-bond donors (Lipinski definition) is 1. The van der Waals surface area contributed by atoms with E-state index >= 15 is 0 Å². The van der Waals surface area contributed by atoms with Crippen molar-refractivity contribution in [3.05, 3.63) is 65.5 Å². The number of aryl methyl sites for hydroxylation is 2. The minimum Gasteiger partial charge on any atom is -0.349 e. The first kappa shape index (κ1) is 20.2. The molecule has 0 radical (unpaired) electrons. The van der Waals surface area contributed by atoms with Crippen LogP contribution < -0.4 is 5.32 Å². The number of aliphatic imine (C=N–C) groups is 1. The van der Waals surface area contributed by atoms with Crippen LogP contribution in [0.2, 0.25) is 0 Å². The number of halogens is 1. The van der Waals surface area contributed by atoms with Crippen LogP contribution in [0.15, 0.2) is 53.5 Å². The minimum absolute atomic E-state index is 0. The lowest BCUT2D eigenvalue weighted by Gasteiger charge is -2.22. The molecule has 0 aliphatic carbocycles. The molecule has 0 aliphatic rings. The van der Waals surface area contributed by atoms with Gasteiger partial charge < -0.3 is 14.8 Å². The zero-order valence-electron chi connectivity index (χ0n) is 15.7. The second-order valence-corrected chi connectivity index (χ2v) is 6.32. The minimum atomic E-state index is 0. The summed E-state index contributed by atoms with van der Waals surface area (Å²) in [6.07, 6.45) is 0. The van der Waals surface area contributed by atoms with Gasteiger partial charge in [0, 0.05) is 27.7 Å². The van der Waals surface area contributed by atoms with Gasteiger partial charge in [-0.05, 0) is 24.6 Å². The predicted molar refractivity (Wildman–Crippen MR) is 119 cm³/mol. The molecule has 0 unspecified atom stereocenters. The number of hydrogen-bond acceptors (Lipinski definition) is 2. The highest BCUT2D eigenvalue weighted by atomic mass is 127. The van der Waals surface area contributed by atoms with Crippen molar-refractivity contribution in [1.29, 1.82) is 0 Å². The number of imidazole rings is 1. The highest BCUT2D eigenvalue weighted by Crippen LogP contribution is 2.14. The molecule has 1 aromatic heterocycles. The van der Waals surface area contributed by atoms with Crippen LogP contribution >= 0.6 is 24.0 Å². The topological polar surface area (TPSA) is 45.5 Å². The summed E-state index contributed by atoms with van der Waals surface area (Å²) in [5.74, 6) is 1.85. The molecule has 0 saturated heterocycles. The van der Waals surface area contributed by atoms with Crippen molar-refractivity contribution >= 4 is 41.0 Å². The van der Waals surface area contributed by atoms with E-state index in [4.69, 9.17) is 4.98 Å². The quantitative estimate of drug-likeness (QED) is 0.365. The van der Waals surface area contributed by atoms with E-state index < -0.39 is 0 Å². The Labute approximate surface area is 172 Å². The molecule has 6 heteroatoms. The smallest absolute Gasteiger partial charge is 0.194 e. The van der Waals surface area contributed by atoms with Crippen LogP contribution in [0.25, 0.3) is 11.0 Å². The molecule has 0 spiro atoms. The molecule has 26 heavy (non-hydrogen) atoms. The van der Waals surface area contributed by atoms with Crippen LogP contribution in [0.5, 0.6) is 0 Å². The molecule has 1 N–H and O–H groups in total. The SMILES string of the molecule is CN=C(NCc1nc2ccccc2n1C)N(C)Cc1ccc(C)cc1.I. The zero-order valence-corrected chi connectivity index (χ0v) is 18.1. The van der Waals surface area contributed by atoms with Crippen molar-refractivity contribution < 1.29 is 0 Å². The van der Waals surface area contributed by atoms with Crippen LogP contribution in [0.3, 0.4) is 0 Å². The van der Waals surface area contributed by atoms with Crippen LogP contribution in [0, 0.1) is 6.92 Å². The van der Waals surface area contributed by atoms with Crippen molar-refractivity contribution in [2.45, 2.75) is 20.0 Å². The van der Waals surface area contributed by atoms with Gasteiger partial charge in [0.25, 0.3) is 0 Å². The van der Waals surface area contributed by atoms with E-state index in [1.54, 1.807) is 0 Å². The second-order valence-electron chi connectivity index (χ2n) is 6.32. The molecule has 0 amide bonds. The standard InChI is InChI=1S/C20H25N5.HI/c1-15-9-11-16(12-10-15)14-24(3)20(21-2)22-13-19-23-17-7-5-6-8-18(17)25(19)4;/h5-12H,13-14H2,1-4H3,(H,21,22);1H. The maximum Gasteiger partial charge on any atom is 0.194 e. The van der Waals surface area contributed by atoms with Crippen LogP contribution in [-0.2, 0) is 20.1 Å². The van der Waals surface area contributed by atoms with Gasteiger partial charge in [-0.15, -0.1) is 24.0 Å². The van der Waals surface area contributed by atoms with E-state index in [-0.39, 0.29) is 24.0 Å². The van der Waals surface area contributed by atoms with Crippen molar-refractivity contribution in [3.8, 4) is 0 Å². The summed E-state index contributed by atoms with van der Waals surface area (Å²) in [6.45, 7) is 3.55. The van der Waals surface area contributed by atoms with Crippen molar-refractivity contribution in [3.63, 3.8) is 0 Å². The molecule has 0 aliphatic heterocycles. The Kier molecular flexibility index (Phi) is 7.02. The Hall–Kier alpha value is -2.09. The van der Waals surface area contributed by atoms with E-state index in [1.165, 1.54) is 11.1 Å². The van der Waals surface area contributed by atoms with Gasteiger partial charge in [-0.3, -0.25) is 4.99 Å². The van der Waals surface area contributed by atoms with E-state index in [0.29, 0.717) is 6.54 Å². The van der Waals surface area contributed by atoms with Crippen LogP contribution in [-0.4, -0.2) is 34.5 Å². The van der Waals surface area contributed by atoms with Gasteiger partial charge in [-0.2, -0.15) is 0 Å². The fourth-order valence-corrected chi connectivity index (χ4v) is 2.94. The molecule has 0 bridgehead atoms. The summed E-state index contributed by atoms with van der Waals surface area (Å²) in [5, 5.41) is 3.41. The van der Waals surface area contributed by atoms with Gasteiger partial charge in [0.2, 0.25) is 0 Å². The summed E-state index contributed by atoms with van der Waals surface area (Å²) >= 11 is 0. The number of guanidine groups is 1. The zero-order chi connectivity index (χ0) is 17.8. The first-order valence-electron chi connectivity index (χ1n) is 8.46. The number of para-hydroxylation sites is 2. The normalized spacial score (nSPS) is 11.3. The summed E-state index contributed by atoms with van der Waals surface area (Å²) in [5.41, 5.74) is 4.70. The van der Waals surface area contributed by atoms with E-state index in [0.717, 1.165) is 29.4 Å². The van der Waals surface area contributed by atoms with Crippen LogP contribution in [0.4, 0.5) is 0 Å². The predicted octanol–water partition coefficient (Wildman–Crippen LogP) is 3.71. The van der Waals surface area contributed by atoms with Gasteiger partial charge in [0.1, 0.15) is 5.82 Å². The fraction of sp³-hybridized carbons (Fsp3) is 0.300. The van der Waals surface area contributed by atoms with Gasteiger partial charge in [0.15, 0.2) is 5.96 Å².